The molecule has 1 aliphatic heterocycles. The molecule has 7 nitrogen and oxygen atoms in total. The SMILES string of the molecule is CC(C)N(C(=O)c1ccc(N(c2c(F)cccc2C(N)=O)C2CCN(Cc3cccnc3)CC2)cc1)C(C)C. The fourth-order valence-electron chi connectivity index (χ4n) is 5.55. The number of hydrogen-bond acceptors (Lipinski definition) is 5. The van der Waals surface area contributed by atoms with Gasteiger partial charge < -0.3 is 15.5 Å². The van der Waals surface area contributed by atoms with Crippen LogP contribution in [0.5, 0.6) is 0 Å². The second kappa shape index (κ2) is 12.4. The van der Waals surface area contributed by atoms with Gasteiger partial charge in [0.1, 0.15) is 5.82 Å². The van der Waals surface area contributed by atoms with Crippen molar-refractivity contribution in [3.63, 3.8) is 0 Å². The van der Waals surface area contributed by atoms with Crippen LogP contribution in [0.4, 0.5) is 15.8 Å². The van der Waals surface area contributed by atoms with Crippen LogP contribution in [0.1, 0.15) is 66.8 Å². The Hall–Kier alpha value is -3.78. The molecule has 1 saturated heterocycles. The number of amides is 2. The molecule has 0 bridgehead atoms. The Kier molecular flexibility index (Phi) is 8.97. The van der Waals surface area contributed by atoms with Crippen molar-refractivity contribution in [2.45, 2.75) is 65.2 Å². The van der Waals surface area contributed by atoms with Crippen molar-refractivity contribution < 1.29 is 14.0 Å². The number of rotatable bonds is 9. The van der Waals surface area contributed by atoms with Gasteiger partial charge in [0, 0.05) is 61.4 Å². The van der Waals surface area contributed by atoms with E-state index in [2.05, 4.69) is 16.0 Å². The van der Waals surface area contributed by atoms with E-state index in [0.717, 1.165) is 38.0 Å². The molecular weight excluding hydrogens is 493 g/mol. The number of halogens is 1. The summed E-state index contributed by atoms with van der Waals surface area (Å²) in [6.45, 7) is 10.4. The zero-order valence-corrected chi connectivity index (χ0v) is 23.2. The topological polar surface area (TPSA) is 82.8 Å². The number of likely N-dealkylation sites (tertiary alicyclic amines) is 1. The summed E-state index contributed by atoms with van der Waals surface area (Å²) in [5.41, 5.74) is 8.44. The highest BCUT2D eigenvalue weighted by Gasteiger charge is 2.31. The Morgan fingerprint density at radius 3 is 2.23 bits per heavy atom. The Labute approximate surface area is 230 Å². The first-order chi connectivity index (χ1) is 18.7. The lowest BCUT2D eigenvalue weighted by atomic mass is 9.98. The van der Waals surface area contributed by atoms with Gasteiger partial charge in [-0.05, 0) is 88.6 Å². The second-order valence-corrected chi connectivity index (χ2v) is 10.7. The fraction of sp³-hybridized carbons (Fsp3) is 0.387. The highest BCUT2D eigenvalue weighted by molar-refractivity contribution is 6.00. The van der Waals surface area contributed by atoms with E-state index in [-0.39, 0.29) is 35.3 Å². The third kappa shape index (κ3) is 6.45. The van der Waals surface area contributed by atoms with Crippen LogP contribution < -0.4 is 10.6 Å². The molecule has 1 fully saturated rings. The largest absolute Gasteiger partial charge is 0.366 e. The van der Waals surface area contributed by atoms with Crippen LogP contribution in [0.25, 0.3) is 0 Å². The molecular formula is C31H38FN5O2. The minimum atomic E-state index is -0.681. The summed E-state index contributed by atoms with van der Waals surface area (Å²) >= 11 is 0. The number of aromatic nitrogens is 1. The number of piperidine rings is 1. The molecule has 1 aromatic heterocycles. The number of para-hydroxylation sites is 1. The van der Waals surface area contributed by atoms with Crippen molar-refractivity contribution in [2.75, 3.05) is 18.0 Å². The molecule has 0 aliphatic carbocycles. The van der Waals surface area contributed by atoms with Crippen LogP contribution >= 0.6 is 0 Å². The summed E-state index contributed by atoms with van der Waals surface area (Å²) < 4.78 is 15.4. The smallest absolute Gasteiger partial charge is 0.254 e. The second-order valence-electron chi connectivity index (χ2n) is 10.7. The number of pyridine rings is 1. The van der Waals surface area contributed by atoms with Crippen molar-refractivity contribution in [3.05, 3.63) is 89.5 Å². The van der Waals surface area contributed by atoms with Crippen LogP contribution in [0, 0.1) is 5.82 Å². The van der Waals surface area contributed by atoms with Gasteiger partial charge in [0.2, 0.25) is 0 Å². The van der Waals surface area contributed by atoms with Crippen LogP contribution in [0.2, 0.25) is 0 Å². The minimum absolute atomic E-state index is 0.0504. The minimum Gasteiger partial charge on any atom is -0.366 e. The van der Waals surface area contributed by atoms with E-state index < -0.39 is 11.7 Å². The maximum atomic E-state index is 15.4. The molecule has 0 unspecified atom stereocenters. The van der Waals surface area contributed by atoms with E-state index in [4.69, 9.17) is 5.73 Å². The van der Waals surface area contributed by atoms with Gasteiger partial charge in [-0.3, -0.25) is 19.5 Å². The van der Waals surface area contributed by atoms with E-state index in [1.54, 1.807) is 24.4 Å². The molecule has 4 rings (SSSR count). The molecule has 0 spiro atoms. The van der Waals surface area contributed by atoms with Crippen LogP contribution in [-0.4, -0.2) is 57.8 Å². The predicted octanol–water partition coefficient (Wildman–Crippen LogP) is 5.38. The predicted molar refractivity (Wildman–Crippen MR) is 152 cm³/mol. The van der Waals surface area contributed by atoms with Crippen LogP contribution in [-0.2, 0) is 6.54 Å². The Morgan fingerprint density at radius 2 is 1.67 bits per heavy atom. The molecule has 8 heteroatoms. The van der Waals surface area contributed by atoms with Crippen LogP contribution in [0.3, 0.4) is 0 Å². The van der Waals surface area contributed by atoms with Gasteiger partial charge in [0.05, 0.1) is 11.3 Å². The van der Waals surface area contributed by atoms with Crippen molar-refractivity contribution in [1.29, 1.82) is 0 Å². The molecule has 39 heavy (non-hydrogen) atoms. The number of nitrogens with zero attached hydrogens (tertiary/aromatic N) is 4. The zero-order chi connectivity index (χ0) is 28.1. The number of primary amides is 1. The van der Waals surface area contributed by atoms with Gasteiger partial charge in [-0.2, -0.15) is 0 Å². The molecule has 1 aliphatic rings. The number of benzene rings is 2. The highest BCUT2D eigenvalue weighted by Crippen LogP contribution is 2.36. The first-order valence-electron chi connectivity index (χ1n) is 13.6. The lowest BCUT2D eigenvalue weighted by Gasteiger charge is -2.40. The lowest BCUT2D eigenvalue weighted by molar-refractivity contribution is 0.0643. The third-order valence-corrected chi connectivity index (χ3v) is 7.28. The average Bonchev–Trinajstić information content (AvgIpc) is 2.91. The van der Waals surface area contributed by atoms with E-state index in [1.807, 2.05) is 61.9 Å². The number of hydrogen-bond donors (Lipinski definition) is 1. The number of carbonyl (C=O) groups is 2. The summed E-state index contributed by atoms with van der Waals surface area (Å²) in [6.07, 6.45) is 5.17. The zero-order valence-electron chi connectivity index (χ0n) is 23.2. The Bertz CT molecular complexity index is 1260. The van der Waals surface area contributed by atoms with Gasteiger partial charge in [-0.15, -0.1) is 0 Å². The summed E-state index contributed by atoms with van der Waals surface area (Å²) in [6, 6.07) is 15.7. The monoisotopic (exact) mass is 531 g/mol. The van der Waals surface area contributed by atoms with Crippen molar-refractivity contribution in [1.82, 2.24) is 14.8 Å². The van der Waals surface area contributed by atoms with Gasteiger partial charge in [0.25, 0.3) is 11.8 Å². The van der Waals surface area contributed by atoms with E-state index in [9.17, 15) is 9.59 Å². The van der Waals surface area contributed by atoms with Gasteiger partial charge >= 0.3 is 0 Å². The molecule has 206 valence electrons. The average molecular weight is 532 g/mol. The molecule has 2 aromatic carbocycles. The number of nitrogens with two attached hydrogens (primary N) is 1. The summed E-state index contributed by atoms with van der Waals surface area (Å²) in [5.74, 6) is -1.24. The molecule has 2 heterocycles. The van der Waals surface area contributed by atoms with Gasteiger partial charge in [0.15, 0.2) is 0 Å². The Morgan fingerprint density at radius 1 is 1.00 bits per heavy atom. The quantitative estimate of drug-likeness (QED) is 0.401. The van der Waals surface area contributed by atoms with Crippen LogP contribution in [0.15, 0.2) is 67.0 Å². The summed E-state index contributed by atoms with van der Waals surface area (Å²) in [4.78, 5) is 35.9. The maximum Gasteiger partial charge on any atom is 0.254 e. The molecule has 0 atom stereocenters. The third-order valence-electron chi connectivity index (χ3n) is 7.28. The van der Waals surface area contributed by atoms with E-state index >= 15 is 4.39 Å². The highest BCUT2D eigenvalue weighted by atomic mass is 19.1. The Balaban J connectivity index is 1.65. The number of anilines is 2. The van der Waals surface area contributed by atoms with Crippen molar-refractivity contribution >= 4 is 23.2 Å². The van der Waals surface area contributed by atoms with Crippen molar-refractivity contribution in [2.24, 2.45) is 5.73 Å². The molecule has 0 saturated carbocycles. The maximum absolute atomic E-state index is 15.4. The fourth-order valence-corrected chi connectivity index (χ4v) is 5.55. The number of carbonyl (C=O) groups excluding carboxylic acids is 2. The first kappa shape index (κ1) is 28.2. The van der Waals surface area contributed by atoms with Gasteiger partial charge in [-0.1, -0.05) is 12.1 Å². The standard InChI is InChI=1S/C31H38FN5O2/c1-21(2)36(22(3)4)31(39)24-10-12-25(13-11-24)37(29-27(30(33)38)8-5-9-28(29)32)26-14-17-35(18-15-26)20-23-7-6-16-34-19-23/h5-13,16,19,21-22,26H,14-15,17-18,20H2,1-4H3,(H2,33,38). The summed E-state index contributed by atoms with van der Waals surface area (Å²) in [5, 5.41) is 0. The van der Waals surface area contributed by atoms with Gasteiger partial charge in [-0.25, -0.2) is 4.39 Å². The first-order valence-corrected chi connectivity index (χ1v) is 13.6. The summed E-state index contributed by atoms with van der Waals surface area (Å²) in [7, 11) is 0. The molecule has 2 amide bonds. The molecule has 0 radical (unpaired) electrons. The lowest BCUT2D eigenvalue weighted by Crippen LogP contribution is -2.44. The molecule has 3 aromatic rings. The normalized spacial score (nSPS) is 14.5. The van der Waals surface area contributed by atoms with E-state index in [0.29, 0.717) is 11.3 Å². The molecule has 2 N–H and O–H groups in total. The van der Waals surface area contributed by atoms with E-state index in [1.165, 1.54) is 12.1 Å². The van der Waals surface area contributed by atoms with Crippen molar-refractivity contribution in [3.8, 4) is 0 Å².